The molecular formula is C30H39N3O6. The Morgan fingerprint density at radius 2 is 1.85 bits per heavy atom. The van der Waals surface area contributed by atoms with Gasteiger partial charge in [-0.25, -0.2) is 0 Å². The molecule has 210 valence electrons. The van der Waals surface area contributed by atoms with Gasteiger partial charge in [0.25, 0.3) is 0 Å². The van der Waals surface area contributed by atoms with Crippen LogP contribution in [0.1, 0.15) is 50.8 Å². The molecule has 0 saturated heterocycles. The van der Waals surface area contributed by atoms with Gasteiger partial charge in [-0.3, -0.25) is 14.4 Å². The minimum atomic E-state index is -0.623. The highest BCUT2D eigenvalue weighted by Crippen LogP contribution is 2.50. The lowest BCUT2D eigenvalue weighted by molar-refractivity contribution is -0.122. The van der Waals surface area contributed by atoms with E-state index in [1.54, 1.807) is 39.5 Å². The lowest BCUT2D eigenvalue weighted by atomic mass is 9.95. The molecule has 0 radical (unpaired) electrons. The number of benzene rings is 1. The average Bonchev–Trinajstić information content (AvgIpc) is 3.17. The Morgan fingerprint density at radius 3 is 2.44 bits per heavy atom. The minimum absolute atomic E-state index is 0.0396. The quantitative estimate of drug-likeness (QED) is 0.371. The standard InChI is InChI=1S/C30H39N3O6/c1-8-14-31-30(36)27(17(3)9-2)33-23-13-11-20-21(16-24(23)35)22(32-18(4)34)12-10-19-15-25(37-5)28(38-6)29(39-7)26(19)20/h8,11,13,15-17,22,27H,1,9-10,12,14H2,2-7H3,(H,31,36)(H,32,34)(H,33,35)/t17-,22+,27+/m0/s1. The number of nitrogens with one attached hydrogen (secondary N) is 3. The monoisotopic (exact) mass is 537 g/mol. The second-order valence-corrected chi connectivity index (χ2v) is 9.64. The van der Waals surface area contributed by atoms with Crippen LogP contribution >= 0.6 is 0 Å². The fourth-order valence-electron chi connectivity index (χ4n) is 4.98. The highest BCUT2D eigenvalue weighted by molar-refractivity contribution is 5.86. The number of rotatable bonds is 11. The first-order valence-electron chi connectivity index (χ1n) is 13.1. The number of carbonyl (C=O) groups is 2. The Hall–Kier alpha value is -4.01. The maximum atomic E-state index is 13.6. The van der Waals surface area contributed by atoms with Gasteiger partial charge in [0.15, 0.2) is 11.5 Å². The minimum Gasteiger partial charge on any atom is -0.493 e. The molecule has 2 aromatic carbocycles. The van der Waals surface area contributed by atoms with Crippen LogP contribution in [0.15, 0.2) is 41.7 Å². The van der Waals surface area contributed by atoms with Crippen LogP contribution in [0.3, 0.4) is 0 Å². The van der Waals surface area contributed by atoms with Crippen LogP contribution in [0.5, 0.6) is 17.2 Å². The maximum Gasteiger partial charge on any atom is 0.243 e. The van der Waals surface area contributed by atoms with Crippen molar-refractivity contribution in [2.24, 2.45) is 5.92 Å². The summed E-state index contributed by atoms with van der Waals surface area (Å²) < 4.78 is 17.0. The highest BCUT2D eigenvalue weighted by Gasteiger charge is 2.30. The fraction of sp³-hybridized carbons (Fsp3) is 0.433. The van der Waals surface area contributed by atoms with E-state index in [-0.39, 0.29) is 28.8 Å². The summed E-state index contributed by atoms with van der Waals surface area (Å²) in [6, 6.07) is 5.93. The molecule has 9 nitrogen and oxygen atoms in total. The van der Waals surface area contributed by atoms with Gasteiger partial charge in [0.2, 0.25) is 23.0 Å². The third-order valence-electron chi connectivity index (χ3n) is 7.14. The van der Waals surface area contributed by atoms with Gasteiger partial charge in [-0.2, -0.15) is 0 Å². The summed E-state index contributed by atoms with van der Waals surface area (Å²) in [5, 5.41) is 9.02. The molecule has 0 aromatic heterocycles. The van der Waals surface area contributed by atoms with Crippen molar-refractivity contribution in [3.63, 3.8) is 0 Å². The number of amides is 2. The number of methoxy groups -OCH3 is 3. The zero-order valence-corrected chi connectivity index (χ0v) is 23.6. The zero-order chi connectivity index (χ0) is 28.7. The van der Waals surface area contributed by atoms with E-state index < -0.39 is 12.1 Å². The number of fused-ring (bicyclic) bond motifs is 3. The first kappa shape index (κ1) is 29.5. The van der Waals surface area contributed by atoms with Crippen molar-refractivity contribution >= 4 is 17.5 Å². The smallest absolute Gasteiger partial charge is 0.243 e. The molecule has 2 amide bonds. The van der Waals surface area contributed by atoms with Crippen LogP contribution in [0, 0.1) is 5.92 Å². The lowest BCUT2D eigenvalue weighted by Crippen LogP contribution is -2.44. The van der Waals surface area contributed by atoms with E-state index >= 15 is 0 Å². The van der Waals surface area contributed by atoms with Gasteiger partial charge in [0.1, 0.15) is 6.04 Å². The molecule has 0 saturated carbocycles. The average molecular weight is 538 g/mol. The molecule has 39 heavy (non-hydrogen) atoms. The predicted molar refractivity (Wildman–Crippen MR) is 153 cm³/mol. The van der Waals surface area contributed by atoms with Crippen molar-refractivity contribution in [3.05, 3.63) is 58.3 Å². The van der Waals surface area contributed by atoms with Gasteiger partial charge in [0.05, 0.1) is 33.1 Å². The third kappa shape index (κ3) is 6.35. The molecule has 2 aromatic rings. The summed E-state index contributed by atoms with van der Waals surface area (Å²) in [4.78, 5) is 38.7. The molecular weight excluding hydrogens is 498 g/mol. The van der Waals surface area contributed by atoms with E-state index in [4.69, 9.17) is 14.2 Å². The van der Waals surface area contributed by atoms with Crippen molar-refractivity contribution in [2.45, 2.75) is 52.1 Å². The molecule has 0 aliphatic heterocycles. The Bertz CT molecular complexity index is 1290. The molecule has 0 heterocycles. The van der Waals surface area contributed by atoms with Crippen LogP contribution in [0.25, 0.3) is 11.1 Å². The van der Waals surface area contributed by atoms with Gasteiger partial charge in [0, 0.05) is 19.0 Å². The summed E-state index contributed by atoms with van der Waals surface area (Å²) in [6.07, 6.45) is 3.51. The molecule has 1 aliphatic carbocycles. The maximum absolute atomic E-state index is 13.6. The Kier molecular flexibility index (Phi) is 9.98. The fourth-order valence-corrected chi connectivity index (χ4v) is 4.98. The molecule has 9 heteroatoms. The van der Waals surface area contributed by atoms with Crippen molar-refractivity contribution in [2.75, 3.05) is 33.2 Å². The second kappa shape index (κ2) is 13.2. The Labute approximate surface area is 229 Å². The van der Waals surface area contributed by atoms with Gasteiger partial charge in [-0.15, -0.1) is 6.58 Å². The largest absolute Gasteiger partial charge is 0.493 e. The molecule has 3 rings (SSSR count). The number of ether oxygens (including phenoxy) is 3. The number of hydrogen-bond donors (Lipinski definition) is 3. The topological polar surface area (TPSA) is 115 Å². The normalized spacial score (nSPS) is 15.4. The van der Waals surface area contributed by atoms with E-state index in [1.165, 1.54) is 6.92 Å². The molecule has 0 bridgehead atoms. The van der Waals surface area contributed by atoms with E-state index in [1.807, 2.05) is 26.0 Å². The van der Waals surface area contributed by atoms with Gasteiger partial charge >= 0.3 is 0 Å². The van der Waals surface area contributed by atoms with Gasteiger partial charge in [-0.1, -0.05) is 32.4 Å². The highest BCUT2D eigenvalue weighted by atomic mass is 16.5. The number of carbonyl (C=O) groups excluding carboxylic acids is 2. The summed E-state index contributed by atoms with van der Waals surface area (Å²) in [5.41, 5.74) is 3.07. The predicted octanol–water partition coefficient (Wildman–Crippen LogP) is 3.99. The number of hydrogen-bond acceptors (Lipinski definition) is 7. The van der Waals surface area contributed by atoms with Crippen LogP contribution < -0.4 is 35.6 Å². The lowest BCUT2D eigenvalue weighted by Gasteiger charge is -2.23. The first-order valence-corrected chi connectivity index (χ1v) is 13.1. The van der Waals surface area contributed by atoms with Crippen molar-refractivity contribution in [1.82, 2.24) is 10.6 Å². The van der Waals surface area contributed by atoms with Crippen LogP contribution in [-0.2, 0) is 16.0 Å². The van der Waals surface area contributed by atoms with E-state index in [0.29, 0.717) is 42.2 Å². The SMILES string of the molecule is C=CCNC(=O)[C@H](Nc1ccc2c(cc1=O)[C@H](NC(C)=O)CCc1cc(OC)c(OC)c(OC)c1-2)[C@@H](C)CC. The molecule has 1 aliphatic rings. The van der Waals surface area contributed by atoms with Gasteiger partial charge < -0.3 is 30.2 Å². The summed E-state index contributed by atoms with van der Waals surface area (Å²) in [6.45, 7) is 9.39. The third-order valence-corrected chi connectivity index (χ3v) is 7.14. The van der Waals surface area contributed by atoms with E-state index in [2.05, 4.69) is 22.5 Å². The molecule has 0 unspecified atom stereocenters. The number of aryl methyl sites for hydroxylation is 1. The Morgan fingerprint density at radius 1 is 1.13 bits per heavy atom. The molecule has 0 fully saturated rings. The van der Waals surface area contributed by atoms with Crippen LogP contribution in [0.2, 0.25) is 0 Å². The van der Waals surface area contributed by atoms with Crippen molar-refractivity contribution in [1.29, 1.82) is 0 Å². The van der Waals surface area contributed by atoms with Gasteiger partial charge in [-0.05, 0) is 53.6 Å². The van der Waals surface area contributed by atoms with Crippen molar-refractivity contribution < 1.29 is 23.8 Å². The van der Waals surface area contributed by atoms with E-state index in [0.717, 1.165) is 23.1 Å². The number of anilines is 1. The molecule has 0 spiro atoms. The van der Waals surface area contributed by atoms with E-state index in [9.17, 15) is 14.4 Å². The van der Waals surface area contributed by atoms with Crippen LogP contribution in [-0.4, -0.2) is 45.7 Å². The molecule has 3 atom stereocenters. The summed E-state index contributed by atoms with van der Waals surface area (Å²) in [7, 11) is 4.66. The second-order valence-electron chi connectivity index (χ2n) is 9.64. The van der Waals surface area contributed by atoms with Crippen molar-refractivity contribution in [3.8, 4) is 28.4 Å². The molecule has 3 N–H and O–H groups in total. The first-order chi connectivity index (χ1) is 18.7. The Balaban J connectivity index is 2.27. The summed E-state index contributed by atoms with van der Waals surface area (Å²) >= 11 is 0. The zero-order valence-electron chi connectivity index (χ0n) is 23.6. The summed E-state index contributed by atoms with van der Waals surface area (Å²) in [5.74, 6) is 0.990. The van der Waals surface area contributed by atoms with Crippen LogP contribution in [0.4, 0.5) is 5.69 Å².